The van der Waals surface area contributed by atoms with E-state index >= 15 is 0 Å². The van der Waals surface area contributed by atoms with Gasteiger partial charge in [-0.2, -0.15) is 5.26 Å². The third-order valence-electron chi connectivity index (χ3n) is 4.17. The van der Waals surface area contributed by atoms with E-state index in [0.717, 1.165) is 42.5 Å². The molecule has 122 valence electrons. The molecule has 1 heterocycles. The summed E-state index contributed by atoms with van der Waals surface area (Å²) in [7, 11) is 0. The lowest BCUT2D eigenvalue weighted by Crippen LogP contribution is -2.43. The summed E-state index contributed by atoms with van der Waals surface area (Å²) >= 11 is 0. The minimum Gasteiger partial charge on any atom is -0.352 e. The first-order chi connectivity index (χ1) is 10.9. The summed E-state index contributed by atoms with van der Waals surface area (Å²) in [6, 6.07) is 2.60. The van der Waals surface area contributed by atoms with Gasteiger partial charge in [-0.05, 0) is 18.8 Å². The second kappa shape index (κ2) is 7.05. The van der Waals surface area contributed by atoms with Gasteiger partial charge in [0.2, 0.25) is 5.91 Å². The minimum atomic E-state index is -0.704. The van der Waals surface area contributed by atoms with E-state index in [4.69, 9.17) is 5.26 Å². The average molecular weight is 318 g/mol. The van der Waals surface area contributed by atoms with Crippen LogP contribution in [0.15, 0.2) is 17.1 Å². The molecule has 1 fully saturated rings. The first kappa shape index (κ1) is 16.7. The Hall–Kier alpha value is -2.69. The van der Waals surface area contributed by atoms with Crippen LogP contribution in [0.1, 0.15) is 38.2 Å². The molecule has 0 radical (unpaired) electrons. The zero-order valence-corrected chi connectivity index (χ0v) is 12.8. The number of rotatable bonds is 4. The number of hydrogen-bond donors (Lipinski definition) is 1. The first-order valence-corrected chi connectivity index (χ1v) is 7.50. The van der Waals surface area contributed by atoms with Gasteiger partial charge in [0.1, 0.15) is 18.2 Å². The normalized spacial score (nSPS) is 20.5. The fourth-order valence-corrected chi connectivity index (χ4v) is 2.86. The van der Waals surface area contributed by atoms with Crippen molar-refractivity contribution in [2.24, 2.45) is 5.92 Å². The molecule has 1 saturated carbocycles. The molecule has 0 aliphatic heterocycles. The quantitative estimate of drug-likeness (QED) is 0.663. The van der Waals surface area contributed by atoms with Gasteiger partial charge in [-0.15, -0.1) is 0 Å². The number of pyridine rings is 1. The first-order valence-electron chi connectivity index (χ1n) is 7.50. The van der Waals surface area contributed by atoms with Crippen molar-refractivity contribution >= 4 is 11.6 Å². The van der Waals surface area contributed by atoms with Gasteiger partial charge in [0.25, 0.3) is 11.2 Å². The zero-order valence-electron chi connectivity index (χ0n) is 12.8. The van der Waals surface area contributed by atoms with Gasteiger partial charge in [-0.1, -0.05) is 19.8 Å². The second-order valence-corrected chi connectivity index (χ2v) is 5.85. The number of amides is 1. The maximum absolute atomic E-state index is 12.1. The molecule has 1 amide bonds. The predicted octanol–water partition coefficient (Wildman–Crippen LogP) is 1.32. The number of nitro groups is 1. The number of nitriles is 1. The molecule has 0 bridgehead atoms. The van der Waals surface area contributed by atoms with E-state index in [9.17, 15) is 19.7 Å². The van der Waals surface area contributed by atoms with Crippen molar-refractivity contribution in [3.05, 3.63) is 38.3 Å². The van der Waals surface area contributed by atoms with Crippen LogP contribution in [0.25, 0.3) is 0 Å². The largest absolute Gasteiger partial charge is 0.352 e. The molecule has 1 aliphatic carbocycles. The smallest absolute Gasteiger partial charge is 0.287 e. The number of aromatic nitrogens is 1. The zero-order chi connectivity index (χ0) is 17.0. The predicted molar refractivity (Wildman–Crippen MR) is 81.6 cm³/mol. The highest BCUT2D eigenvalue weighted by atomic mass is 16.6. The summed E-state index contributed by atoms with van der Waals surface area (Å²) in [5.41, 5.74) is -1.44. The Labute approximate surface area is 132 Å². The van der Waals surface area contributed by atoms with Crippen molar-refractivity contribution in [2.45, 2.75) is 45.2 Å². The Bertz CT molecular complexity index is 719. The van der Waals surface area contributed by atoms with Gasteiger partial charge < -0.3 is 5.32 Å². The van der Waals surface area contributed by atoms with Crippen molar-refractivity contribution in [3.8, 4) is 6.07 Å². The fourth-order valence-electron chi connectivity index (χ4n) is 2.86. The molecular formula is C15H18N4O4. The molecule has 8 nitrogen and oxygen atoms in total. The summed E-state index contributed by atoms with van der Waals surface area (Å²) in [5.74, 6) is -0.0144. The van der Waals surface area contributed by atoms with Gasteiger partial charge in [0.05, 0.1) is 11.1 Å². The SMILES string of the molecule is C[C@H]1CCCC[C@@H]1NC(=O)Cn1cc([N+](=O)[O-])cc(C#N)c1=O. The third-order valence-corrected chi connectivity index (χ3v) is 4.17. The van der Waals surface area contributed by atoms with E-state index in [2.05, 4.69) is 12.2 Å². The maximum atomic E-state index is 12.1. The lowest BCUT2D eigenvalue weighted by atomic mass is 9.86. The van der Waals surface area contributed by atoms with Crippen molar-refractivity contribution in [2.75, 3.05) is 0 Å². The van der Waals surface area contributed by atoms with E-state index in [1.807, 2.05) is 0 Å². The van der Waals surface area contributed by atoms with Crippen LogP contribution >= 0.6 is 0 Å². The third kappa shape index (κ3) is 3.94. The summed E-state index contributed by atoms with van der Waals surface area (Å²) < 4.78 is 0.916. The molecule has 1 N–H and O–H groups in total. The molecular weight excluding hydrogens is 300 g/mol. The van der Waals surface area contributed by atoms with Crippen molar-refractivity contribution in [1.82, 2.24) is 9.88 Å². The number of hydrogen-bond acceptors (Lipinski definition) is 5. The highest BCUT2D eigenvalue weighted by molar-refractivity contribution is 5.76. The van der Waals surface area contributed by atoms with E-state index in [-0.39, 0.29) is 29.7 Å². The fraction of sp³-hybridized carbons (Fsp3) is 0.533. The highest BCUT2D eigenvalue weighted by Crippen LogP contribution is 2.23. The molecule has 8 heteroatoms. The van der Waals surface area contributed by atoms with E-state index in [1.165, 1.54) is 0 Å². The molecule has 0 spiro atoms. The number of carbonyl (C=O) groups is 1. The summed E-state index contributed by atoms with van der Waals surface area (Å²) in [6.45, 7) is 1.73. The minimum absolute atomic E-state index is 0.0566. The number of nitrogens with zero attached hydrogens (tertiary/aromatic N) is 3. The van der Waals surface area contributed by atoms with Gasteiger partial charge >= 0.3 is 0 Å². The molecule has 0 unspecified atom stereocenters. The lowest BCUT2D eigenvalue weighted by molar-refractivity contribution is -0.385. The van der Waals surface area contributed by atoms with Gasteiger partial charge in [-0.25, -0.2) is 0 Å². The summed E-state index contributed by atoms with van der Waals surface area (Å²) in [5, 5.41) is 22.6. The van der Waals surface area contributed by atoms with Crippen LogP contribution in [-0.2, 0) is 11.3 Å². The Morgan fingerprint density at radius 3 is 2.83 bits per heavy atom. The standard InChI is InChI=1S/C15H18N4O4/c1-10-4-2-3-5-13(10)17-14(20)9-18-8-12(19(22)23)6-11(7-16)15(18)21/h6,8,10,13H,2-5,9H2,1H3,(H,17,20)/t10-,13-/m0/s1. The van der Waals surface area contributed by atoms with Crippen LogP contribution in [0, 0.1) is 27.4 Å². The molecule has 1 aromatic heterocycles. The Morgan fingerprint density at radius 2 is 2.22 bits per heavy atom. The van der Waals surface area contributed by atoms with Gasteiger partial charge in [0.15, 0.2) is 0 Å². The van der Waals surface area contributed by atoms with Crippen LogP contribution in [-0.4, -0.2) is 21.4 Å². The second-order valence-electron chi connectivity index (χ2n) is 5.85. The Kier molecular flexibility index (Phi) is 5.11. The van der Waals surface area contributed by atoms with Crippen molar-refractivity contribution < 1.29 is 9.72 Å². The van der Waals surface area contributed by atoms with Gasteiger partial charge in [0, 0.05) is 12.1 Å². The topological polar surface area (TPSA) is 118 Å². The lowest BCUT2D eigenvalue weighted by Gasteiger charge is -2.29. The Balaban J connectivity index is 2.17. The molecule has 1 aromatic rings. The molecule has 0 aromatic carbocycles. The monoisotopic (exact) mass is 318 g/mol. The molecule has 1 aliphatic rings. The molecule has 23 heavy (non-hydrogen) atoms. The van der Waals surface area contributed by atoms with Crippen molar-refractivity contribution in [1.29, 1.82) is 5.26 Å². The maximum Gasteiger partial charge on any atom is 0.287 e. The van der Waals surface area contributed by atoms with Crippen LogP contribution in [0.3, 0.4) is 0 Å². The highest BCUT2D eigenvalue weighted by Gasteiger charge is 2.23. The summed E-state index contributed by atoms with van der Waals surface area (Å²) in [6.07, 6.45) is 5.11. The van der Waals surface area contributed by atoms with E-state index < -0.39 is 10.5 Å². The Morgan fingerprint density at radius 1 is 1.52 bits per heavy atom. The summed E-state index contributed by atoms with van der Waals surface area (Å²) in [4.78, 5) is 34.3. The number of nitrogens with one attached hydrogen (secondary N) is 1. The average Bonchev–Trinajstić information content (AvgIpc) is 2.51. The molecule has 0 saturated heterocycles. The van der Waals surface area contributed by atoms with Crippen LogP contribution < -0.4 is 10.9 Å². The van der Waals surface area contributed by atoms with Crippen LogP contribution in [0.2, 0.25) is 0 Å². The van der Waals surface area contributed by atoms with E-state index in [0.29, 0.717) is 5.92 Å². The van der Waals surface area contributed by atoms with Gasteiger partial charge in [-0.3, -0.25) is 24.3 Å². The van der Waals surface area contributed by atoms with Crippen LogP contribution in [0.5, 0.6) is 0 Å². The molecule has 2 atom stereocenters. The molecule has 2 rings (SSSR count). The van der Waals surface area contributed by atoms with E-state index in [1.54, 1.807) is 6.07 Å². The van der Waals surface area contributed by atoms with Crippen LogP contribution in [0.4, 0.5) is 5.69 Å². The number of carbonyl (C=O) groups excluding carboxylic acids is 1. The van der Waals surface area contributed by atoms with Crippen molar-refractivity contribution in [3.63, 3.8) is 0 Å².